The molecule has 0 radical (unpaired) electrons. The minimum absolute atomic E-state index is 0.106. The minimum atomic E-state index is -0.308. The van der Waals surface area contributed by atoms with Gasteiger partial charge in [-0.05, 0) is 36.2 Å². The number of benzene rings is 1. The van der Waals surface area contributed by atoms with Crippen molar-refractivity contribution in [3.8, 4) is 0 Å². The van der Waals surface area contributed by atoms with Crippen molar-refractivity contribution in [2.45, 2.75) is 6.42 Å². The number of amides is 1. The lowest BCUT2D eigenvalue weighted by molar-refractivity contribution is 0.102. The number of anilines is 2. The molecule has 0 aliphatic rings. The first-order valence-electron chi connectivity index (χ1n) is 6.17. The number of hydrogen-bond acceptors (Lipinski definition) is 5. The Bertz CT molecular complexity index is 584. The average Bonchev–Trinajstić information content (AvgIpc) is 2.49. The van der Waals surface area contributed by atoms with Crippen molar-refractivity contribution in [3.63, 3.8) is 0 Å². The molecule has 2 rings (SSSR count). The Morgan fingerprint density at radius 2 is 1.95 bits per heavy atom. The third kappa shape index (κ3) is 3.53. The molecule has 5 N–H and O–H groups in total. The second-order valence-corrected chi connectivity index (χ2v) is 4.20. The zero-order valence-electron chi connectivity index (χ0n) is 10.8. The molecule has 20 heavy (non-hydrogen) atoms. The molecule has 0 fully saturated rings. The Morgan fingerprint density at radius 1 is 1.20 bits per heavy atom. The Hall–Kier alpha value is -2.44. The molecule has 0 aliphatic carbocycles. The number of nitrogen functional groups attached to an aromatic ring is 1. The molecule has 1 heterocycles. The number of hydrazine groups is 1. The molecule has 0 aliphatic heterocycles. The summed E-state index contributed by atoms with van der Waals surface area (Å²) in [6, 6.07) is 10.5. The van der Waals surface area contributed by atoms with Gasteiger partial charge >= 0.3 is 0 Å². The molecule has 2 aromatic rings. The first kappa shape index (κ1) is 14.0. The van der Waals surface area contributed by atoms with Gasteiger partial charge in [-0.2, -0.15) is 0 Å². The van der Waals surface area contributed by atoms with Crippen LogP contribution in [-0.4, -0.2) is 22.6 Å². The van der Waals surface area contributed by atoms with E-state index in [1.165, 1.54) is 6.20 Å². The van der Waals surface area contributed by atoms with Gasteiger partial charge in [0.1, 0.15) is 5.69 Å². The lowest BCUT2D eigenvalue weighted by atomic mass is 10.1. The Labute approximate surface area is 116 Å². The van der Waals surface area contributed by atoms with E-state index in [1.807, 2.05) is 12.1 Å². The first-order valence-corrected chi connectivity index (χ1v) is 6.17. The lowest BCUT2D eigenvalue weighted by Gasteiger charge is -2.07. The number of aromatic nitrogens is 1. The van der Waals surface area contributed by atoms with Gasteiger partial charge in [-0.15, -0.1) is 0 Å². The van der Waals surface area contributed by atoms with E-state index in [0.717, 1.165) is 5.56 Å². The fourth-order valence-corrected chi connectivity index (χ4v) is 1.72. The normalized spacial score (nSPS) is 10.1. The number of nitrogens with zero attached hydrogens (tertiary/aromatic N) is 1. The highest BCUT2D eigenvalue weighted by atomic mass is 16.2. The maximum absolute atomic E-state index is 12.0. The number of carbonyl (C=O) groups excluding carboxylic acids is 1. The summed E-state index contributed by atoms with van der Waals surface area (Å²) in [6.07, 6.45) is 2.11. The summed E-state index contributed by atoms with van der Waals surface area (Å²) in [5, 5.41) is 11.6. The van der Waals surface area contributed by atoms with Gasteiger partial charge in [0.05, 0.1) is 5.69 Å². The predicted molar refractivity (Wildman–Crippen MR) is 77.2 cm³/mol. The van der Waals surface area contributed by atoms with Crippen molar-refractivity contribution >= 4 is 17.3 Å². The third-order valence-corrected chi connectivity index (χ3v) is 2.77. The van der Waals surface area contributed by atoms with Crippen LogP contribution in [0.2, 0.25) is 0 Å². The molecule has 0 bridgehead atoms. The van der Waals surface area contributed by atoms with Crippen LogP contribution in [0.15, 0.2) is 42.6 Å². The molecule has 1 aromatic carbocycles. The van der Waals surface area contributed by atoms with Crippen LogP contribution in [0.1, 0.15) is 16.1 Å². The fourth-order valence-electron chi connectivity index (χ4n) is 1.72. The molecule has 0 saturated heterocycles. The maximum atomic E-state index is 12.0. The average molecular weight is 272 g/mol. The Balaban J connectivity index is 2.06. The summed E-state index contributed by atoms with van der Waals surface area (Å²) in [5.74, 6) is 4.98. The van der Waals surface area contributed by atoms with Crippen molar-refractivity contribution in [2.75, 3.05) is 17.3 Å². The van der Waals surface area contributed by atoms with Crippen LogP contribution in [0.4, 0.5) is 11.4 Å². The molecule has 1 aromatic heterocycles. The summed E-state index contributed by atoms with van der Waals surface area (Å²) in [5.41, 5.74) is 5.04. The van der Waals surface area contributed by atoms with Crippen molar-refractivity contribution < 1.29 is 9.90 Å². The highest BCUT2D eigenvalue weighted by Crippen LogP contribution is 2.12. The van der Waals surface area contributed by atoms with Gasteiger partial charge in [0.15, 0.2) is 0 Å². The highest BCUT2D eigenvalue weighted by molar-refractivity contribution is 6.03. The van der Waals surface area contributed by atoms with E-state index in [1.54, 1.807) is 24.3 Å². The van der Waals surface area contributed by atoms with Gasteiger partial charge in [-0.3, -0.25) is 15.6 Å². The monoisotopic (exact) mass is 272 g/mol. The molecule has 0 spiro atoms. The van der Waals surface area contributed by atoms with Crippen LogP contribution in [0.5, 0.6) is 0 Å². The van der Waals surface area contributed by atoms with Crippen molar-refractivity contribution in [3.05, 3.63) is 53.9 Å². The molecule has 0 saturated carbocycles. The van der Waals surface area contributed by atoms with E-state index in [-0.39, 0.29) is 18.2 Å². The SMILES string of the molecule is NNc1ccnc(C(=O)Nc2ccc(CCO)cc2)c1. The van der Waals surface area contributed by atoms with Crippen LogP contribution in [-0.2, 0) is 6.42 Å². The second-order valence-electron chi connectivity index (χ2n) is 4.20. The van der Waals surface area contributed by atoms with E-state index < -0.39 is 0 Å². The summed E-state index contributed by atoms with van der Waals surface area (Å²) >= 11 is 0. The molecule has 1 amide bonds. The number of rotatable bonds is 5. The Kier molecular flexibility index (Phi) is 4.65. The smallest absolute Gasteiger partial charge is 0.274 e. The van der Waals surface area contributed by atoms with Crippen LogP contribution >= 0.6 is 0 Å². The molecule has 0 unspecified atom stereocenters. The number of aliphatic hydroxyl groups excluding tert-OH is 1. The third-order valence-electron chi connectivity index (χ3n) is 2.77. The fraction of sp³-hybridized carbons (Fsp3) is 0.143. The standard InChI is InChI=1S/C14H16N4O2/c15-18-12-5-7-16-13(9-12)14(20)17-11-3-1-10(2-4-11)6-8-19/h1-5,7,9,19H,6,8,15H2,(H,16,18)(H,17,20). The summed E-state index contributed by atoms with van der Waals surface area (Å²) in [4.78, 5) is 16.0. The largest absolute Gasteiger partial charge is 0.396 e. The lowest BCUT2D eigenvalue weighted by Crippen LogP contribution is -2.15. The number of aliphatic hydroxyl groups is 1. The highest BCUT2D eigenvalue weighted by Gasteiger charge is 2.08. The van der Waals surface area contributed by atoms with Crippen LogP contribution in [0.25, 0.3) is 0 Å². The second kappa shape index (κ2) is 6.65. The minimum Gasteiger partial charge on any atom is -0.396 e. The number of nitrogens with one attached hydrogen (secondary N) is 2. The quantitative estimate of drug-likeness (QED) is 0.483. The molecule has 6 heteroatoms. The summed E-state index contributed by atoms with van der Waals surface area (Å²) in [7, 11) is 0. The number of nitrogens with two attached hydrogens (primary N) is 1. The van der Waals surface area contributed by atoms with Gasteiger partial charge in [-0.25, -0.2) is 0 Å². The van der Waals surface area contributed by atoms with E-state index in [4.69, 9.17) is 10.9 Å². The van der Waals surface area contributed by atoms with Gasteiger partial charge in [0, 0.05) is 18.5 Å². The predicted octanol–water partition coefficient (Wildman–Crippen LogP) is 1.15. The van der Waals surface area contributed by atoms with E-state index >= 15 is 0 Å². The van der Waals surface area contributed by atoms with E-state index in [0.29, 0.717) is 17.8 Å². The van der Waals surface area contributed by atoms with E-state index in [9.17, 15) is 4.79 Å². The van der Waals surface area contributed by atoms with Gasteiger partial charge in [0.2, 0.25) is 0 Å². The first-order chi connectivity index (χ1) is 9.72. The molecular formula is C14H16N4O2. The van der Waals surface area contributed by atoms with Gasteiger partial charge < -0.3 is 15.8 Å². The summed E-state index contributed by atoms with van der Waals surface area (Å²) in [6.45, 7) is 0.106. The van der Waals surface area contributed by atoms with E-state index in [2.05, 4.69) is 15.7 Å². The number of hydrogen-bond donors (Lipinski definition) is 4. The van der Waals surface area contributed by atoms with Gasteiger partial charge in [0.25, 0.3) is 5.91 Å². The zero-order chi connectivity index (χ0) is 14.4. The molecule has 6 nitrogen and oxygen atoms in total. The van der Waals surface area contributed by atoms with Gasteiger partial charge in [-0.1, -0.05) is 12.1 Å². The van der Waals surface area contributed by atoms with Crippen LogP contribution in [0, 0.1) is 0 Å². The molecule has 104 valence electrons. The molecule has 0 atom stereocenters. The Morgan fingerprint density at radius 3 is 2.60 bits per heavy atom. The van der Waals surface area contributed by atoms with Crippen molar-refractivity contribution in [1.29, 1.82) is 0 Å². The van der Waals surface area contributed by atoms with Crippen LogP contribution < -0.4 is 16.6 Å². The zero-order valence-corrected chi connectivity index (χ0v) is 10.8. The summed E-state index contributed by atoms with van der Waals surface area (Å²) < 4.78 is 0. The van der Waals surface area contributed by atoms with Crippen molar-refractivity contribution in [2.24, 2.45) is 5.84 Å². The molecular weight excluding hydrogens is 256 g/mol. The maximum Gasteiger partial charge on any atom is 0.274 e. The number of carbonyl (C=O) groups is 1. The van der Waals surface area contributed by atoms with Crippen LogP contribution in [0.3, 0.4) is 0 Å². The van der Waals surface area contributed by atoms with Crippen molar-refractivity contribution in [1.82, 2.24) is 4.98 Å². The topological polar surface area (TPSA) is 100 Å². The number of pyridine rings is 1.